The van der Waals surface area contributed by atoms with Gasteiger partial charge in [0, 0.05) is 11.6 Å². The van der Waals surface area contributed by atoms with Crippen molar-refractivity contribution >= 4 is 23.9 Å². The van der Waals surface area contributed by atoms with Crippen molar-refractivity contribution in [3.05, 3.63) is 41.5 Å². The zero-order valence-corrected chi connectivity index (χ0v) is 11.9. The Labute approximate surface area is 122 Å². The van der Waals surface area contributed by atoms with E-state index in [4.69, 9.17) is 10.8 Å². The van der Waals surface area contributed by atoms with Gasteiger partial charge in [-0.3, -0.25) is 9.59 Å². The highest BCUT2D eigenvalue weighted by atomic mass is 16.4. The van der Waals surface area contributed by atoms with Crippen molar-refractivity contribution < 1.29 is 19.5 Å². The van der Waals surface area contributed by atoms with E-state index < -0.39 is 23.8 Å². The number of carboxylic acids is 1. The molecule has 6 heteroatoms. The van der Waals surface area contributed by atoms with E-state index in [0.717, 1.165) is 6.08 Å². The van der Waals surface area contributed by atoms with Crippen LogP contribution in [0.1, 0.15) is 29.8 Å². The average molecular weight is 290 g/mol. The normalized spacial score (nSPS) is 12.3. The molecule has 1 aromatic carbocycles. The van der Waals surface area contributed by atoms with Crippen LogP contribution in [0.4, 0.5) is 0 Å². The van der Waals surface area contributed by atoms with Crippen molar-refractivity contribution in [2.75, 3.05) is 0 Å². The van der Waals surface area contributed by atoms with E-state index in [1.54, 1.807) is 38.1 Å². The van der Waals surface area contributed by atoms with E-state index >= 15 is 0 Å². The number of carboxylic acid groups (broad SMARTS) is 1. The summed E-state index contributed by atoms with van der Waals surface area (Å²) in [5, 5.41) is 11.1. The Morgan fingerprint density at radius 3 is 2.19 bits per heavy atom. The van der Waals surface area contributed by atoms with Crippen molar-refractivity contribution in [1.29, 1.82) is 0 Å². The quantitative estimate of drug-likeness (QED) is 0.679. The second-order valence-electron chi connectivity index (χ2n) is 4.89. The van der Waals surface area contributed by atoms with E-state index in [0.29, 0.717) is 11.1 Å². The summed E-state index contributed by atoms with van der Waals surface area (Å²) in [5.41, 5.74) is 6.26. The van der Waals surface area contributed by atoms with Gasteiger partial charge in [-0.1, -0.05) is 26.0 Å². The number of rotatable bonds is 6. The molecular formula is C15H18N2O4. The number of aliphatic carboxylic acids is 1. The molecule has 1 aromatic rings. The molecule has 21 heavy (non-hydrogen) atoms. The SMILES string of the molecule is CC(C)C(NC(=O)c1ccc(/C=C/C(=O)O)cc1)C(N)=O. The first-order chi connectivity index (χ1) is 9.81. The molecule has 0 heterocycles. The lowest BCUT2D eigenvalue weighted by molar-refractivity contribution is -0.131. The second kappa shape index (κ2) is 7.23. The highest BCUT2D eigenvalue weighted by Gasteiger charge is 2.22. The van der Waals surface area contributed by atoms with Gasteiger partial charge in [-0.05, 0) is 29.7 Å². The number of amides is 2. The number of carbonyl (C=O) groups excluding carboxylic acids is 2. The van der Waals surface area contributed by atoms with Crippen molar-refractivity contribution in [3.63, 3.8) is 0 Å². The van der Waals surface area contributed by atoms with Crippen LogP contribution in [0.5, 0.6) is 0 Å². The molecule has 0 saturated carbocycles. The summed E-state index contributed by atoms with van der Waals surface area (Å²) in [6.45, 7) is 3.57. The molecule has 6 nitrogen and oxygen atoms in total. The average Bonchev–Trinajstić information content (AvgIpc) is 2.42. The molecular weight excluding hydrogens is 272 g/mol. The number of carbonyl (C=O) groups is 3. The summed E-state index contributed by atoms with van der Waals surface area (Å²) >= 11 is 0. The van der Waals surface area contributed by atoms with Crippen LogP contribution in [0.15, 0.2) is 30.3 Å². The molecule has 2 amide bonds. The largest absolute Gasteiger partial charge is 0.478 e. The van der Waals surface area contributed by atoms with Crippen molar-refractivity contribution in [2.24, 2.45) is 11.7 Å². The van der Waals surface area contributed by atoms with Gasteiger partial charge in [0.15, 0.2) is 0 Å². The van der Waals surface area contributed by atoms with Gasteiger partial charge in [0.05, 0.1) is 0 Å². The first-order valence-corrected chi connectivity index (χ1v) is 6.42. The number of hydrogen-bond donors (Lipinski definition) is 3. The van der Waals surface area contributed by atoms with Crippen LogP contribution >= 0.6 is 0 Å². The van der Waals surface area contributed by atoms with Gasteiger partial charge in [-0.2, -0.15) is 0 Å². The molecule has 0 fully saturated rings. The summed E-state index contributed by atoms with van der Waals surface area (Å²) in [7, 11) is 0. The van der Waals surface area contributed by atoms with E-state index in [9.17, 15) is 14.4 Å². The Hall–Kier alpha value is -2.63. The molecule has 0 aromatic heterocycles. The number of primary amides is 1. The monoisotopic (exact) mass is 290 g/mol. The maximum absolute atomic E-state index is 12.0. The fourth-order valence-electron chi connectivity index (χ4n) is 1.70. The zero-order chi connectivity index (χ0) is 16.0. The number of hydrogen-bond acceptors (Lipinski definition) is 3. The third-order valence-electron chi connectivity index (χ3n) is 2.85. The lowest BCUT2D eigenvalue weighted by atomic mass is 10.0. The summed E-state index contributed by atoms with van der Waals surface area (Å²) < 4.78 is 0. The number of nitrogens with one attached hydrogen (secondary N) is 1. The summed E-state index contributed by atoms with van der Waals surface area (Å²) in [6.07, 6.45) is 2.43. The topological polar surface area (TPSA) is 109 Å². The van der Waals surface area contributed by atoms with E-state index in [-0.39, 0.29) is 5.92 Å². The van der Waals surface area contributed by atoms with Gasteiger partial charge in [-0.15, -0.1) is 0 Å². The van der Waals surface area contributed by atoms with Crippen LogP contribution < -0.4 is 11.1 Å². The van der Waals surface area contributed by atoms with Crippen molar-refractivity contribution in [1.82, 2.24) is 5.32 Å². The number of nitrogens with two attached hydrogens (primary N) is 1. The van der Waals surface area contributed by atoms with Crippen LogP contribution in [-0.4, -0.2) is 28.9 Å². The molecule has 4 N–H and O–H groups in total. The minimum absolute atomic E-state index is 0.107. The minimum atomic E-state index is -1.04. The van der Waals surface area contributed by atoms with Crippen molar-refractivity contribution in [2.45, 2.75) is 19.9 Å². The van der Waals surface area contributed by atoms with Gasteiger partial charge in [-0.25, -0.2) is 4.79 Å². The molecule has 1 unspecified atom stereocenters. The highest BCUT2D eigenvalue weighted by Crippen LogP contribution is 2.08. The molecule has 0 aliphatic rings. The lowest BCUT2D eigenvalue weighted by Gasteiger charge is -2.18. The lowest BCUT2D eigenvalue weighted by Crippen LogP contribution is -2.47. The Balaban J connectivity index is 2.79. The maximum Gasteiger partial charge on any atom is 0.328 e. The van der Waals surface area contributed by atoms with Gasteiger partial charge >= 0.3 is 5.97 Å². The molecule has 1 atom stereocenters. The van der Waals surface area contributed by atoms with E-state index in [1.807, 2.05) is 0 Å². The maximum atomic E-state index is 12.0. The molecule has 0 aliphatic heterocycles. The fourth-order valence-corrected chi connectivity index (χ4v) is 1.70. The molecule has 0 aliphatic carbocycles. The van der Waals surface area contributed by atoms with Crippen molar-refractivity contribution in [3.8, 4) is 0 Å². The third kappa shape index (κ3) is 5.10. The van der Waals surface area contributed by atoms with Crippen LogP contribution in [0.2, 0.25) is 0 Å². The standard InChI is InChI=1S/C15H18N2O4/c1-9(2)13(14(16)20)17-15(21)11-6-3-10(4-7-11)5-8-12(18)19/h3-9,13H,1-2H3,(H2,16,20)(H,17,21)(H,18,19)/b8-5+. The molecule has 0 spiro atoms. The summed E-state index contributed by atoms with van der Waals surface area (Å²) in [6, 6.07) is 5.60. The van der Waals surface area contributed by atoms with Crippen LogP contribution in [0.25, 0.3) is 6.08 Å². The molecule has 1 rings (SSSR count). The Kier molecular flexibility index (Phi) is 5.66. The Morgan fingerprint density at radius 2 is 1.76 bits per heavy atom. The predicted molar refractivity (Wildman–Crippen MR) is 78.4 cm³/mol. The summed E-state index contributed by atoms with van der Waals surface area (Å²) in [4.78, 5) is 33.7. The Bertz CT molecular complexity index is 562. The minimum Gasteiger partial charge on any atom is -0.478 e. The van der Waals surface area contributed by atoms with Crippen LogP contribution in [0.3, 0.4) is 0 Å². The molecule has 112 valence electrons. The first kappa shape index (κ1) is 16.4. The first-order valence-electron chi connectivity index (χ1n) is 6.42. The molecule has 0 bridgehead atoms. The number of benzene rings is 1. The van der Waals surface area contributed by atoms with Gasteiger partial charge < -0.3 is 16.2 Å². The van der Waals surface area contributed by atoms with Gasteiger partial charge in [0.1, 0.15) is 6.04 Å². The van der Waals surface area contributed by atoms with Crippen LogP contribution in [-0.2, 0) is 9.59 Å². The second-order valence-corrected chi connectivity index (χ2v) is 4.89. The van der Waals surface area contributed by atoms with Gasteiger partial charge in [0.2, 0.25) is 5.91 Å². The highest BCUT2D eigenvalue weighted by molar-refractivity contribution is 5.97. The smallest absolute Gasteiger partial charge is 0.328 e. The van der Waals surface area contributed by atoms with Crippen LogP contribution in [0, 0.1) is 5.92 Å². The molecule has 0 radical (unpaired) electrons. The molecule has 0 saturated heterocycles. The van der Waals surface area contributed by atoms with Gasteiger partial charge in [0.25, 0.3) is 5.91 Å². The summed E-state index contributed by atoms with van der Waals surface area (Å²) in [5.74, 6) is -2.14. The Morgan fingerprint density at radius 1 is 1.19 bits per heavy atom. The third-order valence-corrected chi connectivity index (χ3v) is 2.85. The van der Waals surface area contributed by atoms with E-state index in [2.05, 4.69) is 5.32 Å². The fraction of sp³-hybridized carbons (Fsp3) is 0.267. The predicted octanol–water partition coefficient (Wildman–Crippen LogP) is 1.02. The zero-order valence-electron chi connectivity index (χ0n) is 11.9. The van der Waals surface area contributed by atoms with E-state index in [1.165, 1.54) is 6.08 Å².